The lowest BCUT2D eigenvalue weighted by Gasteiger charge is -2.29. The van der Waals surface area contributed by atoms with Crippen LogP contribution in [0.2, 0.25) is 0 Å². The summed E-state index contributed by atoms with van der Waals surface area (Å²) in [7, 11) is 1.99. The van der Waals surface area contributed by atoms with E-state index in [9.17, 15) is 9.59 Å². The lowest BCUT2D eigenvalue weighted by atomic mass is 10.1. The molecule has 2 amide bonds. The van der Waals surface area contributed by atoms with Crippen LogP contribution in [0.3, 0.4) is 0 Å². The van der Waals surface area contributed by atoms with Gasteiger partial charge in [-0.05, 0) is 41.5 Å². The van der Waals surface area contributed by atoms with Crippen LogP contribution in [0, 0.1) is 11.8 Å². The number of carbonyl (C=O) groups is 2. The third kappa shape index (κ3) is 5.96. The smallest absolute Gasteiger partial charge is 0.242 e. The van der Waals surface area contributed by atoms with Gasteiger partial charge in [-0.15, -0.1) is 0 Å². The fourth-order valence-electron chi connectivity index (χ4n) is 4.60. The van der Waals surface area contributed by atoms with Gasteiger partial charge in [0.1, 0.15) is 0 Å². The minimum absolute atomic E-state index is 0.0176. The van der Waals surface area contributed by atoms with Crippen LogP contribution in [0.5, 0.6) is 0 Å². The molecule has 5 heteroatoms. The second kappa shape index (κ2) is 10.7. The molecule has 1 aliphatic rings. The highest BCUT2D eigenvalue weighted by Crippen LogP contribution is 2.48. The van der Waals surface area contributed by atoms with Crippen LogP contribution < -0.4 is 0 Å². The van der Waals surface area contributed by atoms with Crippen molar-refractivity contribution < 1.29 is 9.59 Å². The van der Waals surface area contributed by atoms with Crippen molar-refractivity contribution in [1.82, 2.24) is 14.4 Å². The largest absolute Gasteiger partial charge is 0.353 e. The van der Waals surface area contributed by atoms with E-state index in [1.165, 1.54) is 5.56 Å². The van der Waals surface area contributed by atoms with Gasteiger partial charge in [0, 0.05) is 37.9 Å². The van der Waals surface area contributed by atoms with Crippen LogP contribution in [0.15, 0.2) is 79.0 Å². The maximum Gasteiger partial charge on any atom is 0.242 e. The molecule has 0 spiro atoms. The first-order valence-corrected chi connectivity index (χ1v) is 12.2. The normalized spacial score (nSPS) is 16.9. The van der Waals surface area contributed by atoms with Gasteiger partial charge in [-0.2, -0.15) is 0 Å². The summed E-state index contributed by atoms with van der Waals surface area (Å²) in [5.41, 5.74) is 3.36. The molecular weight excluding hydrogens is 422 g/mol. The molecule has 1 fully saturated rings. The first-order valence-electron chi connectivity index (χ1n) is 12.2. The second-order valence-electron chi connectivity index (χ2n) is 9.82. The summed E-state index contributed by atoms with van der Waals surface area (Å²) in [5, 5.41) is 0. The molecule has 3 aromatic rings. The molecule has 0 bridgehead atoms. The molecule has 178 valence electrons. The predicted octanol–water partition coefficient (Wildman–Crippen LogP) is 4.84. The first-order chi connectivity index (χ1) is 16.4. The van der Waals surface area contributed by atoms with Gasteiger partial charge in [0.25, 0.3) is 0 Å². The third-order valence-electron chi connectivity index (χ3n) is 6.53. The van der Waals surface area contributed by atoms with Gasteiger partial charge < -0.3 is 14.4 Å². The van der Waals surface area contributed by atoms with E-state index >= 15 is 0 Å². The van der Waals surface area contributed by atoms with Gasteiger partial charge in [-0.1, -0.05) is 74.5 Å². The Bertz CT molecular complexity index is 1090. The van der Waals surface area contributed by atoms with E-state index in [0.29, 0.717) is 25.6 Å². The van der Waals surface area contributed by atoms with Crippen molar-refractivity contribution in [2.75, 3.05) is 13.1 Å². The molecule has 1 saturated carbocycles. The number of nitrogens with zero attached hydrogens (tertiary/aromatic N) is 3. The van der Waals surface area contributed by atoms with Crippen molar-refractivity contribution in [3.63, 3.8) is 0 Å². The van der Waals surface area contributed by atoms with Gasteiger partial charge in [-0.3, -0.25) is 9.59 Å². The molecule has 2 atom stereocenters. The number of hydrogen-bond acceptors (Lipinski definition) is 2. The van der Waals surface area contributed by atoms with Crippen molar-refractivity contribution in [1.29, 1.82) is 0 Å². The molecule has 34 heavy (non-hydrogen) atoms. The van der Waals surface area contributed by atoms with E-state index in [1.807, 2.05) is 83.4 Å². The maximum atomic E-state index is 13.6. The molecule has 0 aliphatic heterocycles. The summed E-state index contributed by atoms with van der Waals surface area (Å²) in [4.78, 5) is 30.7. The summed E-state index contributed by atoms with van der Waals surface area (Å²) in [6.07, 6.45) is 2.86. The highest BCUT2D eigenvalue weighted by molar-refractivity contribution is 5.88. The number of benzene rings is 2. The van der Waals surface area contributed by atoms with Crippen LogP contribution in [-0.2, 0) is 29.7 Å². The molecule has 0 N–H and O–H groups in total. The number of hydrogen-bond donors (Lipinski definition) is 0. The van der Waals surface area contributed by atoms with Crippen molar-refractivity contribution >= 4 is 11.8 Å². The molecule has 2 unspecified atom stereocenters. The number of rotatable bonds is 10. The van der Waals surface area contributed by atoms with Crippen molar-refractivity contribution in [2.45, 2.75) is 39.3 Å². The lowest BCUT2D eigenvalue weighted by Crippen LogP contribution is -2.44. The third-order valence-corrected chi connectivity index (χ3v) is 6.53. The van der Waals surface area contributed by atoms with Crippen LogP contribution >= 0.6 is 0 Å². The van der Waals surface area contributed by atoms with Crippen molar-refractivity contribution in [2.24, 2.45) is 18.9 Å². The zero-order valence-corrected chi connectivity index (χ0v) is 20.4. The van der Waals surface area contributed by atoms with Gasteiger partial charge in [0.05, 0.1) is 13.1 Å². The summed E-state index contributed by atoms with van der Waals surface area (Å²) in [6.45, 7) is 5.93. The van der Waals surface area contributed by atoms with Crippen molar-refractivity contribution in [3.05, 3.63) is 95.8 Å². The molecule has 1 aliphatic carbocycles. The predicted molar refractivity (Wildman–Crippen MR) is 135 cm³/mol. The van der Waals surface area contributed by atoms with Crippen LogP contribution in [0.25, 0.3) is 0 Å². The molecule has 5 nitrogen and oxygen atoms in total. The summed E-state index contributed by atoms with van der Waals surface area (Å²) in [5.74, 6) is 0.623. The molecule has 0 radical (unpaired) electrons. The lowest BCUT2D eigenvalue weighted by molar-refractivity contribution is -0.142. The Kier molecular flexibility index (Phi) is 7.51. The molecule has 0 saturated heterocycles. The fourth-order valence-corrected chi connectivity index (χ4v) is 4.60. The van der Waals surface area contributed by atoms with Gasteiger partial charge in [0.15, 0.2) is 0 Å². The summed E-state index contributed by atoms with van der Waals surface area (Å²) >= 11 is 0. The van der Waals surface area contributed by atoms with E-state index in [2.05, 4.69) is 26.0 Å². The SMILES string of the molecule is CC(C)CN(CC(=O)N(Cc1ccccc1)Cc1cccn1C)C(=O)C1CC1c1ccccc1. The quantitative estimate of drug-likeness (QED) is 0.437. The second-order valence-corrected chi connectivity index (χ2v) is 9.82. The number of amides is 2. The molecule has 2 aromatic carbocycles. The zero-order valence-electron chi connectivity index (χ0n) is 20.4. The van der Waals surface area contributed by atoms with Gasteiger partial charge in [0.2, 0.25) is 11.8 Å². The summed E-state index contributed by atoms with van der Waals surface area (Å²) in [6, 6.07) is 24.3. The van der Waals surface area contributed by atoms with E-state index < -0.39 is 0 Å². The van der Waals surface area contributed by atoms with E-state index in [1.54, 1.807) is 4.90 Å². The van der Waals surface area contributed by atoms with Gasteiger partial charge in [-0.25, -0.2) is 0 Å². The highest BCUT2D eigenvalue weighted by Gasteiger charge is 2.46. The number of aryl methyl sites for hydroxylation is 1. The first kappa shape index (κ1) is 23.8. The van der Waals surface area contributed by atoms with E-state index in [0.717, 1.165) is 17.7 Å². The monoisotopic (exact) mass is 457 g/mol. The Labute approximate surface area is 203 Å². The number of carbonyl (C=O) groups excluding carboxylic acids is 2. The van der Waals surface area contributed by atoms with Gasteiger partial charge >= 0.3 is 0 Å². The standard InChI is InChI=1S/C29H35N3O2/c1-22(2)18-32(29(34)27-17-26(27)24-13-8-5-9-14-24)21-28(33)31(19-23-11-6-4-7-12-23)20-25-15-10-16-30(25)3/h4-16,22,26-27H,17-21H2,1-3H3. The maximum absolute atomic E-state index is 13.6. The molecule has 4 rings (SSSR count). The fraction of sp³-hybridized carbons (Fsp3) is 0.379. The highest BCUT2D eigenvalue weighted by atomic mass is 16.2. The average molecular weight is 458 g/mol. The Balaban J connectivity index is 1.49. The molecular formula is C29H35N3O2. The topological polar surface area (TPSA) is 45.6 Å². The molecule has 1 heterocycles. The van der Waals surface area contributed by atoms with E-state index in [-0.39, 0.29) is 30.2 Å². The number of aromatic nitrogens is 1. The van der Waals surface area contributed by atoms with Crippen molar-refractivity contribution in [3.8, 4) is 0 Å². The van der Waals surface area contributed by atoms with Crippen LogP contribution in [0.1, 0.15) is 43.0 Å². The van der Waals surface area contributed by atoms with Crippen LogP contribution in [-0.4, -0.2) is 39.3 Å². The Morgan fingerprint density at radius 3 is 2.21 bits per heavy atom. The Morgan fingerprint density at radius 2 is 1.59 bits per heavy atom. The minimum atomic E-state index is -0.0237. The average Bonchev–Trinajstić information content (AvgIpc) is 3.54. The summed E-state index contributed by atoms with van der Waals surface area (Å²) < 4.78 is 2.04. The minimum Gasteiger partial charge on any atom is -0.353 e. The zero-order chi connectivity index (χ0) is 24.1. The Hall–Kier alpha value is -3.34. The van der Waals surface area contributed by atoms with E-state index in [4.69, 9.17) is 0 Å². The Morgan fingerprint density at radius 1 is 0.912 bits per heavy atom. The molecule has 1 aromatic heterocycles. The van der Waals surface area contributed by atoms with Crippen LogP contribution in [0.4, 0.5) is 0 Å².